The molecule has 1 aliphatic heterocycles. The van der Waals surface area contributed by atoms with Crippen LogP contribution in [0, 0.1) is 6.92 Å². The standard InChI is InChI=1S/C11H12N4O2S/c1-7-6-12-11(18-7)13-10(16)8-5-9-15(14-8)3-2-4-17-9/h5-6H,2-4H2,1H3,(H,12,13,16). The van der Waals surface area contributed by atoms with E-state index in [1.807, 2.05) is 6.92 Å². The largest absolute Gasteiger partial charge is 0.478 e. The van der Waals surface area contributed by atoms with Crippen LogP contribution >= 0.6 is 11.3 Å². The lowest BCUT2D eigenvalue weighted by Gasteiger charge is -2.13. The topological polar surface area (TPSA) is 69.0 Å². The Morgan fingerprint density at radius 3 is 3.22 bits per heavy atom. The lowest BCUT2D eigenvalue weighted by Crippen LogP contribution is -2.16. The van der Waals surface area contributed by atoms with Crippen LogP contribution in [-0.2, 0) is 6.54 Å². The van der Waals surface area contributed by atoms with Crippen molar-refractivity contribution in [1.82, 2.24) is 14.8 Å². The summed E-state index contributed by atoms with van der Waals surface area (Å²) >= 11 is 1.44. The molecule has 0 unspecified atom stereocenters. The summed E-state index contributed by atoms with van der Waals surface area (Å²) in [4.78, 5) is 17.1. The Balaban J connectivity index is 1.78. The second-order valence-electron chi connectivity index (χ2n) is 4.02. The molecule has 18 heavy (non-hydrogen) atoms. The minimum absolute atomic E-state index is 0.255. The molecule has 0 bridgehead atoms. The highest BCUT2D eigenvalue weighted by Crippen LogP contribution is 2.20. The van der Waals surface area contributed by atoms with Gasteiger partial charge >= 0.3 is 0 Å². The van der Waals surface area contributed by atoms with Crippen molar-refractivity contribution in [2.24, 2.45) is 0 Å². The molecule has 0 spiro atoms. The third kappa shape index (κ3) is 2.08. The van der Waals surface area contributed by atoms with E-state index in [-0.39, 0.29) is 5.91 Å². The van der Waals surface area contributed by atoms with Crippen molar-refractivity contribution in [2.45, 2.75) is 19.9 Å². The van der Waals surface area contributed by atoms with Crippen LogP contribution in [0.2, 0.25) is 0 Å². The average Bonchev–Trinajstić information content (AvgIpc) is 2.95. The molecular formula is C11H12N4O2S. The highest BCUT2D eigenvalue weighted by Gasteiger charge is 2.18. The molecule has 0 saturated heterocycles. The number of anilines is 1. The maximum Gasteiger partial charge on any atom is 0.278 e. The van der Waals surface area contributed by atoms with Crippen LogP contribution in [0.4, 0.5) is 5.13 Å². The molecule has 2 aromatic heterocycles. The highest BCUT2D eigenvalue weighted by molar-refractivity contribution is 7.15. The molecule has 1 amide bonds. The van der Waals surface area contributed by atoms with Gasteiger partial charge in [0.15, 0.2) is 10.8 Å². The van der Waals surface area contributed by atoms with Gasteiger partial charge in [0.2, 0.25) is 5.88 Å². The number of thiazole rings is 1. The van der Waals surface area contributed by atoms with Crippen molar-refractivity contribution in [1.29, 1.82) is 0 Å². The number of carbonyl (C=O) groups excluding carboxylic acids is 1. The molecule has 0 aromatic carbocycles. The number of hydrogen-bond donors (Lipinski definition) is 1. The van der Waals surface area contributed by atoms with Gasteiger partial charge in [-0.15, -0.1) is 11.3 Å². The maximum absolute atomic E-state index is 12.0. The number of carbonyl (C=O) groups is 1. The number of hydrogen-bond acceptors (Lipinski definition) is 5. The summed E-state index contributed by atoms with van der Waals surface area (Å²) in [5.74, 6) is 0.400. The first-order chi connectivity index (χ1) is 8.72. The van der Waals surface area contributed by atoms with Gasteiger partial charge in [0.05, 0.1) is 6.61 Å². The molecular weight excluding hydrogens is 252 g/mol. The van der Waals surface area contributed by atoms with E-state index in [4.69, 9.17) is 4.74 Å². The number of amides is 1. The quantitative estimate of drug-likeness (QED) is 0.896. The third-order valence-corrected chi connectivity index (χ3v) is 3.41. The molecule has 6 nitrogen and oxygen atoms in total. The van der Waals surface area contributed by atoms with E-state index in [0.29, 0.717) is 23.3 Å². The molecule has 0 aliphatic carbocycles. The summed E-state index contributed by atoms with van der Waals surface area (Å²) in [6.07, 6.45) is 2.64. The Morgan fingerprint density at radius 2 is 2.50 bits per heavy atom. The number of ether oxygens (including phenoxy) is 1. The Hall–Kier alpha value is -1.89. The lowest BCUT2D eigenvalue weighted by molar-refractivity contribution is 0.102. The number of aromatic nitrogens is 3. The normalized spacial score (nSPS) is 13.8. The second kappa shape index (κ2) is 4.41. The first-order valence-electron chi connectivity index (χ1n) is 5.67. The number of aryl methyl sites for hydroxylation is 2. The molecule has 7 heteroatoms. The van der Waals surface area contributed by atoms with Gasteiger partial charge in [-0.25, -0.2) is 9.67 Å². The molecule has 3 heterocycles. The van der Waals surface area contributed by atoms with E-state index < -0.39 is 0 Å². The summed E-state index contributed by atoms with van der Waals surface area (Å²) < 4.78 is 7.13. The summed E-state index contributed by atoms with van der Waals surface area (Å²) in [5, 5.41) is 7.52. The van der Waals surface area contributed by atoms with Gasteiger partial charge in [-0.05, 0) is 6.92 Å². The average molecular weight is 264 g/mol. The van der Waals surface area contributed by atoms with E-state index in [0.717, 1.165) is 17.8 Å². The van der Waals surface area contributed by atoms with Crippen molar-refractivity contribution in [2.75, 3.05) is 11.9 Å². The van der Waals surface area contributed by atoms with Gasteiger partial charge < -0.3 is 4.74 Å². The number of nitrogens with zero attached hydrogens (tertiary/aromatic N) is 3. The van der Waals surface area contributed by atoms with Crippen LogP contribution in [0.3, 0.4) is 0 Å². The first kappa shape index (κ1) is 11.2. The molecule has 3 rings (SSSR count). The number of rotatable bonds is 2. The third-order valence-electron chi connectivity index (χ3n) is 2.58. The predicted molar refractivity (Wildman–Crippen MR) is 67.1 cm³/mol. The zero-order chi connectivity index (χ0) is 12.5. The Kier molecular flexibility index (Phi) is 2.75. The van der Waals surface area contributed by atoms with Gasteiger partial charge in [0, 0.05) is 30.1 Å². The summed E-state index contributed by atoms with van der Waals surface area (Å²) in [7, 11) is 0. The zero-order valence-electron chi connectivity index (χ0n) is 9.84. The van der Waals surface area contributed by atoms with E-state index >= 15 is 0 Å². The number of nitrogens with one attached hydrogen (secondary N) is 1. The minimum atomic E-state index is -0.255. The van der Waals surface area contributed by atoms with E-state index in [9.17, 15) is 4.79 Å². The van der Waals surface area contributed by atoms with Crippen LogP contribution in [0.25, 0.3) is 0 Å². The van der Waals surface area contributed by atoms with Crippen LogP contribution < -0.4 is 10.1 Å². The van der Waals surface area contributed by atoms with Crippen LogP contribution in [0.1, 0.15) is 21.8 Å². The van der Waals surface area contributed by atoms with Crippen LogP contribution in [0.5, 0.6) is 5.88 Å². The monoisotopic (exact) mass is 264 g/mol. The SMILES string of the molecule is Cc1cnc(NC(=O)c2cc3n(n2)CCCO3)s1. The lowest BCUT2D eigenvalue weighted by atomic mass is 10.4. The van der Waals surface area contributed by atoms with Gasteiger partial charge in [0.1, 0.15) is 0 Å². The smallest absolute Gasteiger partial charge is 0.278 e. The van der Waals surface area contributed by atoms with Gasteiger partial charge in [-0.3, -0.25) is 10.1 Å². The molecule has 94 valence electrons. The van der Waals surface area contributed by atoms with Gasteiger partial charge in [-0.1, -0.05) is 0 Å². The van der Waals surface area contributed by atoms with Crippen molar-refractivity contribution in [3.05, 3.63) is 22.8 Å². The van der Waals surface area contributed by atoms with E-state index in [2.05, 4.69) is 15.4 Å². The van der Waals surface area contributed by atoms with Gasteiger partial charge in [-0.2, -0.15) is 5.10 Å². The predicted octanol–water partition coefficient (Wildman–Crippen LogP) is 1.68. The fourth-order valence-electron chi connectivity index (χ4n) is 1.75. The molecule has 2 aromatic rings. The first-order valence-corrected chi connectivity index (χ1v) is 6.48. The summed E-state index contributed by atoms with van der Waals surface area (Å²) in [6.45, 7) is 3.41. The molecule has 0 fully saturated rings. The molecule has 1 N–H and O–H groups in total. The Bertz CT molecular complexity index is 566. The van der Waals surface area contributed by atoms with Gasteiger partial charge in [0.25, 0.3) is 5.91 Å². The molecule has 0 atom stereocenters. The Morgan fingerprint density at radius 1 is 1.61 bits per heavy atom. The maximum atomic E-state index is 12.0. The second-order valence-corrected chi connectivity index (χ2v) is 5.26. The summed E-state index contributed by atoms with van der Waals surface area (Å²) in [6, 6.07) is 1.66. The summed E-state index contributed by atoms with van der Waals surface area (Å²) in [5.41, 5.74) is 0.361. The fourth-order valence-corrected chi connectivity index (χ4v) is 2.41. The van der Waals surface area contributed by atoms with Crippen LogP contribution in [0.15, 0.2) is 12.3 Å². The minimum Gasteiger partial charge on any atom is -0.478 e. The highest BCUT2D eigenvalue weighted by atomic mass is 32.1. The fraction of sp³-hybridized carbons (Fsp3) is 0.364. The van der Waals surface area contributed by atoms with Crippen molar-refractivity contribution >= 4 is 22.4 Å². The Labute approximate surface area is 108 Å². The molecule has 1 aliphatic rings. The number of fused-ring (bicyclic) bond motifs is 1. The van der Waals surface area contributed by atoms with Crippen LogP contribution in [-0.4, -0.2) is 27.3 Å². The molecule has 0 radical (unpaired) electrons. The van der Waals surface area contributed by atoms with E-state index in [1.54, 1.807) is 16.9 Å². The van der Waals surface area contributed by atoms with Crippen molar-refractivity contribution in [3.8, 4) is 5.88 Å². The zero-order valence-corrected chi connectivity index (χ0v) is 10.7. The van der Waals surface area contributed by atoms with Crippen molar-refractivity contribution in [3.63, 3.8) is 0 Å². The molecule has 0 saturated carbocycles. The van der Waals surface area contributed by atoms with E-state index in [1.165, 1.54) is 11.3 Å². The van der Waals surface area contributed by atoms with Crippen molar-refractivity contribution < 1.29 is 9.53 Å².